The molecule has 144 valence electrons. The summed E-state index contributed by atoms with van der Waals surface area (Å²) < 4.78 is 7.62. The number of thiophene rings is 1. The van der Waals surface area contributed by atoms with Crippen molar-refractivity contribution in [1.29, 1.82) is 0 Å². The SMILES string of the molecule is Cn1ncc(C(=O)NC2C3CC4CC(C3)CC2C4)c1OCCc1ccsc1. The van der Waals surface area contributed by atoms with Gasteiger partial charge in [-0.1, -0.05) is 0 Å². The predicted octanol–water partition coefficient (Wildman–Crippen LogP) is 3.66. The summed E-state index contributed by atoms with van der Waals surface area (Å²) in [6.07, 6.45) is 9.11. The van der Waals surface area contributed by atoms with Gasteiger partial charge in [-0.3, -0.25) is 4.79 Å². The quantitative estimate of drug-likeness (QED) is 0.826. The van der Waals surface area contributed by atoms with E-state index in [1.54, 1.807) is 22.2 Å². The summed E-state index contributed by atoms with van der Waals surface area (Å²) in [6, 6.07) is 2.45. The van der Waals surface area contributed by atoms with Gasteiger partial charge >= 0.3 is 0 Å². The van der Waals surface area contributed by atoms with E-state index >= 15 is 0 Å². The third-order valence-electron chi connectivity index (χ3n) is 6.86. The first kappa shape index (κ1) is 17.3. The van der Waals surface area contributed by atoms with E-state index in [1.165, 1.54) is 37.7 Å². The molecule has 6 heteroatoms. The average Bonchev–Trinajstić information content (AvgIpc) is 3.28. The molecule has 0 atom stereocenters. The third kappa shape index (κ3) is 3.28. The Morgan fingerprint density at radius 2 is 2.00 bits per heavy atom. The highest BCUT2D eigenvalue weighted by Crippen LogP contribution is 2.53. The van der Waals surface area contributed by atoms with Gasteiger partial charge < -0.3 is 10.1 Å². The second-order valence-electron chi connectivity index (χ2n) is 8.65. The molecule has 2 aromatic heterocycles. The number of aromatic nitrogens is 2. The number of carbonyl (C=O) groups is 1. The normalized spacial score (nSPS) is 31.2. The van der Waals surface area contributed by atoms with Crippen LogP contribution in [0.15, 0.2) is 23.0 Å². The molecule has 0 unspecified atom stereocenters. The van der Waals surface area contributed by atoms with Crippen molar-refractivity contribution in [3.8, 4) is 5.88 Å². The second kappa shape index (κ2) is 6.97. The summed E-state index contributed by atoms with van der Waals surface area (Å²) >= 11 is 1.69. The van der Waals surface area contributed by atoms with E-state index < -0.39 is 0 Å². The van der Waals surface area contributed by atoms with E-state index in [0.717, 1.165) is 18.3 Å². The Morgan fingerprint density at radius 1 is 1.26 bits per heavy atom. The molecule has 1 amide bonds. The molecule has 0 saturated heterocycles. The molecular weight excluding hydrogens is 358 g/mol. The van der Waals surface area contributed by atoms with Gasteiger partial charge in [-0.2, -0.15) is 16.4 Å². The van der Waals surface area contributed by atoms with Gasteiger partial charge in [0, 0.05) is 19.5 Å². The highest BCUT2D eigenvalue weighted by molar-refractivity contribution is 7.07. The van der Waals surface area contributed by atoms with Crippen LogP contribution in [0.4, 0.5) is 0 Å². The first-order valence-electron chi connectivity index (χ1n) is 10.1. The van der Waals surface area contributed by atoms with E-state index in [-0.39, 0.29) is 5.91 Å². The Hall–Kier alpha value is -1.82. The zero-order chi connectivity index (χ0) is 18.4. The highest BCUT2D eigenvalue weighted by atomic mass is 32.1. The fourth-order valence-electron chi connectivity index (χ4n) is 5.84. The molecule has 4 aliphatic rings. The molecular formula is C21H27N3O2S. The Balaban J connectivity index is 1.25. The van der Waals surface area contributed by atoms with Gasteiger partial charge in [0.15, 0.2) is 0 Å². The minimum atomic E-state index is -0.0221. The van der Waals surface area contributed by atoms with Crippen molar-refractivity contribution in [3.63, 3.8) is 0 Å². The van der Waals surface area contributed by atoms with Crippen molar-refractivity contribution in [1.82, 2.24) is 15.1 Å². The van der Waals surface area contributed by atoms with Crippen molar-refractivity contribution < 1.29 is 9.53 Å². The number of hydrogen-bond acceptors (Lipinski definition) is 4. The van der Waals surface area contributed by atoms with Gasteiger partial charge in [-0.05, 0) is 78.2 Å². The number of aryl methyl sites for hydroxylation is 1. The lowest BCUT2D eigenvalue weighted by molar-refractivity contribution is -0.0120. The lowest BCUT2D eigenvalue weighted by Gasteiger charge is -2.54. The van der Waals surface area contributed by atoms with Gasteiger partial charge in [-0.25, -0.2) is 4.68 Å². The topological polar surface area (TPSA) is 56.2 Å². The molecule has 0 aromatic carbocycles. The molecule has 2 aromatic rings. The Morgan fingerprint density at radius 3 is 2.67 bits per heavy atom. The number of nitrogens with one attached hydrogen (secondary N) is 1. The van der Waals surface area contributed by atoms with Crippen LogP contribution < -0.4 is 10.1 Å². The van der Waals surface area contributed by atoms with Crippen molar-refractivity contribution in [2.24, 2.45) is 30.7 Å². The number of rotatable bonds is 6. The first-order valence-corrected chi connectivity index (χ1v) is 11.1. The van der Waals surface area contributed by atoms with Gasteiger partial charge in [0.05, 0.1) is 12.8 Å². The maximum atomic E-state index is 13.0. The minimum absolute atomic E-state index is 0.0221. The Labute approximate surface area is 164 Å². The molecule has 4 bridgehead atoms. The van der Waals surface area contributed by atoms with Gasteiger partial charge in [-0.15, -0.1) is 0 Å². The van der Waals surface area contributed by atoms with Crippen LogP contribution in [-0.2, 0) is 13.5 Å². The maximum absolute atomic E-state index is 13.0. The van der Waals surface area contributed by atoms with Crippen molar-refractivity contribution >= 4 is 17.2 Å². The summed E-state index contributed by atoms with van der Waals surface area (Å²) in [5.74, 6) is 3.72. The van der Waals surface area contributed by atoms with Crippen molar-refractivity contribution in [2.75, 3.05) is 6.61 Å². The van der Waals surface area contributed by atoms with Gasteiger partial charge in [0.25, 0.3) is 5.91 Å². The minimum Gasteiger partial charge on any atom is -0.477 e. The van der Waals surface area contributed by atoms with E-state index in [2.05, 4.69) is 27.2 Å². The van der Waals surface area contributed by atoms with Crippen LogP contribution in [0.5, 0.6) is 5.88 Å². The highest BCUT2D eigenvalue weighted by Gasteiger charge is 2.48. The van der Waals surface area contributed by atoms with E-state index in [9.17, 15) is 4.79 Å². The number of carbonyl (C=O) groups excluding carboxylic acids is 1. The van der Waals surface area contributed by atoms with E-state index in [1.807, 2.05) is 7.05 Å². The first-order chi connectivity index (χ1) is 13.2. The molecule has 5 nitrogen and oxygen atoms in total. The van der Waals surface area contributed by atoms with Crippen LogP contribution in [0, 0.1) is 23.7 Å². The molecule has 0 spiro atoms. The Bertz CT molecular complexity index is 786. The smallest absolute Gasteiger partial charge is 0.258 e. The van der Waals surface area contributed by atoms with Crippen LogP contribution >= 0.6 is 11.3 Å². The van der Waals surface area contributed by atoms with E-state index in [4.69, 9.17) is 4.74 Å². The van der Waals surface area contributed by atoms with Crippen LogP contribution in [-0.4, -0.2) is 28.3 Å². The Kier molecular flexibility index (Phi) is 4.46. The molecule has 0 aliphatic heterocycles. The fraction of sp³-hybridized carbons (Fsp3) is 0.619. The van der Waals surface area contributed by atoms with Crippen molar-refractivity contribution in [3.05, 3.63) is 34.2 Å². The summed E-state index contributed by atoms with van der Waals surface area (Å²) in [4.78, 5) is 13.0. The molecule has 4 saturated carbocycles. The van der Waals surface area contributed by atoms with Gasteiger partial charge in [0.1, 0.15) is 5.56 Å². The van der Waals surface area contributed by atoms with Crippen molar-refractivity contribution in [2.45, 2.75) is 44.6 Å². The molecule has 27 heavy (non-hydrogen) atoms. The van der Waals surface area contributed by atoms with Crippen LogP contribution in [0.1, 0.15) is 48.0 Å². The molecule has 2 heterocycles. The molecule has 1 N–H and O–H groups in total. The molecule has 4 aliphatic carbocycles. The third-order valence-corrected chi connectivity index (χ3v) is 7.60. The largest absolute Gasteiger partial charge is 0.477 e. The fourth-order valence-corrected chi connectivity index (χ4v) is 6.55. The maximum Gasteiger partial charge on any atom is 0.258 e. The summed E-state index contributed by atoms with van der Waals surface area (Å²) in [5, 5.41) is 11.8. The van der Waals surface area contributed by atoms with E-state index in [0.29, 0.717) is 35.9 Å². The predicted molar refractivity (Wildman–Crippen MR) is 105 cm³/mol. The number of nitrogens with zero attached hydrogens (tertiary/aromatic N) is 2. The summed E-state index contributed by atoms with van der Waals surface area (Å²) in [6.45, 7) is 0.550. The second-order valence-corrected chi connectivity index (χ2v) is 9.43. The number of ether oxygens (including phenoxy) is 1. The lowest BCUT2D eigenvalue weighted by Crippen LogP contribution is -2.55. The molecule has 0 radical (unpaired) electrons. The molecule has 6 rings (SSSR count). The zero-order valence-electron chi connectivity index (χ0n) is 15.8. The molecule has 4 fully saturated rings. The number of amides is 1. The summed E-state index contributed by atoms with van der Waals surface area (Å²) in [7, 11) is 1.83. The van der Waals surface area contributed by atoms with Crippen LogP contribution in [0.3, 0.4) is 0 Å². The average molecular weight is 386 g/mol. The zero-order valence-corrected chi connectivity index (χ0v) is 16.6. The summed E-state index contributed by atoms with van der Waals surface area (Å²) in [5.41, 5.74) is 1.83. The monoisotopic (exact) mass is 385 g/mol. The number of hydrogen-bond donors (Lipinski definition) is 1. The van der Waals surface area contributed by atoms with Crippen LogP contribution in [0.25, 0.3) is 0 Å². The standard InChI is InChI=1S/C21H27N3O2S/c1-24-21(26-4-2-13-3-5-27-12-13)18(11-22-24)20(25)23-19-16-7-14-6-15(9-16)10-17(19)8-14/h3,5,11-12,14-17,19H,2,4,6-10H2,1H3,(H,23,25). The van der Waals surface area contributed by atoms with Gasteiger partial charge in [0.2, 0.25) is 5.88 Å². The van der Waals surface area contributed by atoms with Crippen LogP contribution in [0.2, 0.25) is 0 Å². The lowest BCUT2D eigenvalue weighted by atomic mass is 9.54.